The van der Waals surface area contributed by atoms with E-state index < -0.39 is 0 Å². The molecule has 4 N–H and O–H groups in total. The van der Waals surface area contributed by atoms with E-state index in [1.165, 1.54) is 24.5 Å². The number of nitrogens with one attached hydrogen (secondary N) is 2. The Morgan fingerprint density at radius 3 is 2.60 bits per heavy atom. The zero-order valence-corrected chi connectivity index (χ0v) is 11.9. The van der Waals surface area contributed by atoms with Crippen LogP contribution in [0.1, 0.15) is 25.3 Å². The molecule has 0 unspecified atom stereocenters. The summed E-state index contributed by atoms with van der Waals surface area (Å²) in [5.41, 5.74) is 3.77. The van der Waals surface area contributed by atoms with Crippen LogP contribution in [0.15, 0.2) is 24.5 Å². The molecule has 1 aromatic carbocycles. The maximum atomic E-state index is 13.3. The molecule has 0 aliphatic rings. The number of hydrogen-bond donors (Lipinski definition) is 3. The van der Waals surface area contributed by atoms with E-state index in [2.05, 4.69) is 20.7 Å². The molecule has 7 heteroatoms. The van der Waals surface area contributed by atoms with Crippen molar-refractivity contribution in [1.82, 2.24) is 9.97 Å². The first-order valence-electron chi connectivity index (χ1n) is 6.06. The van der Waals surface area contributed by atoms with Crippen molar-refractivity contribution in [3.05, 3.63) is 40.9 Å². The summed E-state index contributed by atoms with van der Waals surface area (Å²) in [4.78, 5) is 8.24. The molecule has 0 atom stereocenters. The minimum Gasteiger partial charge on any atom is -0.339 e. The van der Waals surface area contributed by atoms with Gasteiger partial charge in [0.05, 0.1) is 10.7 Å². The van der Waals surface area contributed by atoms with E-state index in [0.717, 1.165) is 5.56 Å². The fourth-order valence-corrected chi connectivity index (χ4v) is 2.04. The largest absolute Gasteiger partial charge is 0.339 e. The number of halogens is 2. The summed E-state index contributed by atoms with van der Waals surface area (Å²) in [6, 6.07) is 4.09. The molecule has 0 amide bonds. The summed E-state index contributed by atoms with van der Waals surface area (Å²) >= 11 is 6.04. The van der Waals surface area contributed by atoms with Crippen LogP contribution in [0.25, 0.3) is 0 Å². The first kappa shape index (κ1) is 14.5. The highest BCUT2D eigenvalue weighted by atomic mass is 35.5. The van der Waals surface area contributed by atoms with Crippen molar-refractivity contribution in [2.24, 2.45) is 5.84 Å². The summed E-state index contributed by atoms with van der Waals surface area (Å²) < 4.78 is 13.3. The molecule has 5 nitrogen and oxygen atoms in total. The Hall–Kier alpha value is -1.92. The van der Waals surface area contributed by atoms with E-state index in [4.69, 9.17) is 17.4 Å². The fraction of sp³-hybridized carbons (Fsp3) is 0.231. The number of anilines is 3. The van der Waals surface area contributed by atoms with Crippen LogP contribution in [-0.4, -0.2) is 9.97 Å². The minimum absolute atomic E-state index is 0.122. The molecule has 0 spiro atoms. The van der Waals surface area contributed by atoms with Crippen molar-refractivity contribution < 1.29 is 4.39 Å². The number of nitrogens with zero attached hydrogens (tertiary/aromatic N) is 2. The van der Waals surface area contributed by atoms with Gasteiger partial charge < -0.3 is 10.7 Å². The normalized spacial score (nSPS) is 10.7. The van der Waals surface area contributed by atoms with Crippen molar-refractivity contribution in [1.29, 1.82) is 0 Å². The van der Waals surface area contributed by atoms with Gasteiger partial charge in [0.1, 0.15) is 23.8 Å². The van der Waals surface area contributed by atoms with Crippen molar-refractivity contribution >= 4 is 28.9 Å². The number of nitrogen functional groups attached to an aromatic ring is 1. The van der Waals surface area contributed by atoms with E-state index in [0.29, 0.717) is 22.3 Å². The molecule has 0 saturated heterocycles. The van der Waals surface area contributed by atoms with E-state index in [1.54, 1.807) is 0 Å². The highest BCUT2D eigenvalue weighted by Crippen LogP contribution is 2.32. The van der Waals surface area contributed by atoms with Gasteiger partial charge in [-0.2, -0.15) is 0 Å². The number of rotatable bonds is 4. The maximum absolute atomic E-state index is 13.3. The summed E-state index contributed by atoms with van der Waals surface area (Å²) in [5.74, 6) is 6.25. The average Bonchev–Trinajstić information content (AvgIpc) is 2.42. The van der Waals surface area contributed by atoms with Crippen LogP contribution < -0.4 is 16.6 Å². The van der Waals surface area contributed by atoms with Gasteiger partial charge in [0.2, 0.25) is 0 Å². The SMILES string of the molecule is CC(C)c1c(NN)ncnc1Nc1cc(F)ccc1Cl. The van der Waals surface area contributed by atoms with Gasteiger partial charge in [0.15, 0.2) is 0 Å². The molecule has 2 rings (SSSR count). The lowest BCUT2D eigenvalue weighted by Gasteiger charge is -2.17. The van der Waals surface area contributed by atoms with Crippen LogP contribution in [0.2, 0.25) is 5.02 Å². The minimum atomic E-state index is -0.380. The third kappa shape index (κ3) is 2.97. The average molecular weight is 296 g/mol. The Balaban J connectivity index is 2.45. The molecular formula is C13H15ClFN5. The lowest BCUT2D eigenvalue weighted by molar-refractivity contribution is 0.628. The fourth-order valence-electron chi connectivity index (χ4n) is 1.88. The van der Waals surface area contributed by atoms with E-state index >= 15 is 0 Å². The van der Waals surface area contributed by atoms with E-state index in [-0.39, 0.29) is 11.7 Å². The lowest BCUT2D eigenvalue weighted by atomic mass is 10.0. The van der Waals surface area contributed by atoms with Crippen molar-refractivity contribution in [3.63, 3.8) is 0 Å². The number of nitrogens with two attached hydrogens (primary N) is 1. The molecular weight excluding hydrogens is 281 g/mol. The first-order valence-corrected chi connectivity index (χ1v) is 6.44. The molecule has 0 fully saturated rings. The molecule has 0 bridgehead atoms. The summed E-state index contributed by atoms with van der Waals surface area (Å²) in [6.07, 6.45) is 1.37. The Bertz CT molecular complexity index is 618. The first-order chi connectivity index (χ1) is 9.52. The van der Waals surface area contributed by atoms with Gasteiger partial charge in [0, 0.05) is 5.56 Å². The smallest absolute Gasteiger partial charge is 0.148 e. The van der Waals surface area contributed by atoms with Gasteiger partial charge in [-0.3, -0.25) is 0 Å². The molecule has 0 radical (unpaired) electrons. The van der Waals surface area contributed by atoms with Crippen LogP contribution in [0.5, 0.6) is 0 Å². The zero-order valence-electron chi connectivity index (χ0n) is 11.1. The molecule has 2 aromatic rings. The van der Waals surface area contributed by atoms with Gasteiger partial charge >= 0.3 is 0 Å². The van der Waals surface area contributed by atoms with Gasteiger partial charge in [-0.25, -0.2) is 20.2 Å². The lowest BCUT2D eigenvalue weighted by Crippen LogP contribution is -2.14. The predicted octanol–water partition coefficient (Wildman–Crippen LogP) is 3.42. The maximum Gasteiger partial charge on any atom is 0.148 e. The Morgan fingerprint density at radius 1 is 1.25 bits per heavy atom. The standard InChI is InChI=1S/C13H15ClFN5/c1-7(2)11-12(17-6-18-13(11)20-16)19-10-5-8(15)3-4-9(10)14/h3-7H,16H2,1-2H3,(H2,17,18,19,20). The van der Waals surface area contributed by atoms with Crippen molar-refractivity contribution in [3.8, 4) is 0 Å². The van der Waals surface area contributed by atoms with Crippen LogP contribution in [0.4, 0.5) is 21.7 Å². The molecule has 1 aromatic heterocycles. The Labute approximate surface area is 121 Å². The molecule has 106 valence electrons. The highest BCUT2D eigenvalue weighted by Gasteiger charge is 2.15. The topological polar surface area (TPSA) is 75.9 Å². The van der Waals surface area contributed by atoms with E-state index in [1.807, 2.05) is 13.8 Å². The van der Waals surface area contributed by atoms with Crippen LogP contribution in [0.3, 0.4) is 0 Å². The zero-order chi connectivity index (χ0) is 14.7. The van der Waals surface area contributed by atoms with E-state index in [9.17, 15) is 4.39 Å². The summed E-state index contributed by atoms with van der Waals surface area (Å²) in [6.45, 7) is 3.97. The number of benzene rings is 1. The highest BCUT2D eigenvalue weighted by molar-refractivity contribution is 6.33. The predicted molar refractivity (Wildman–Crippen MR) is 78.6 cm³/mol. The number of hydrazine groups is 1. The monoisotopic (exact) mass is 295 g/mol. The Kier molecular flexibility index (Phi) is 4.36. The summed E-state index contributed by atoms with van der Waals surface area (Å²) in [5, 5.41) is 3.42. The molecule has 1 heterocycles. The molecule has 0 aliphatic carbocycles. The third-order valence-electron chi connectivity index (χ3n) is 2.78. The quantitative estimate of drug-likeness (QED) is 0.595. The molecule has 20 heavy (non-hydrogen) atoms. The van der Waals surface area contributed by atoms with Crippen LogP contribution in [-0.2, 0) is 0 Å². The second kappa shape index (κ2) is 6.02. The van der Waals surface area contributed by atoms with Crippen molar-refractivity contribution in [2.75, 3.05) is 10.7 Å². The Morgan fingerprint density at radius 2 is 1.95 bits per heavy atom. The van der Waals surface area contributed by atoms with Gasteiger partial charge in [-0.1, -0.05) is 25.4 Å². The van der Waals surface area contributed by atoms with Gasteiger partial charge in [-0.05, 0) is 24.1 Å². The number of aromatic nitrogens is 2. The van der Waals surface area contributed by atoms with Crippen LogP contribution >= 0.6 is 11.6 Å². The summed E-state index contributed by atoms with van der Waals surface area (Å²) in [7, 11) is 0. The van der Waals surface area contributed by atoms with Crippen molar-refractivity contribution in [2.45, 2.75) is 19.8 Å². The van der Waals surface area contributed by atoms with Gasteiger partial charge in [-0.15, -0.1) is 0 Å². The molecule has 0 aliphatic heterocycles. The number of hydrogen-bond acceptors (Lipinski definition) is 5. The second-order valence-electron chi connectivity index (χ2n) is 4.53. The van der Waals surface area contributed by atoms with Gasteiger partial charge in [0.25, 0.3) is 0 Å². The van der Waals surface area contributed by atoms with Crippen LogP contribution in [0, 0.1) is 5.82 Å². The third-order valence-corrected chi connectivity index (χ3v) is 3.11. The second-order valence-corrected chi connectivity index (χ2v) is 4.94. The molecule has 0 saturated carbocycles.